The van der Waals surface area contributed by atoms with Gasteiger partial charge >= 0.3 is 12.1 Å². The van der Waals surface area contributed by atoms with Crippen molar-refractivity contribution in [1.82, 2.24) is 14.7 Å². The zero-order valence-electron chi connectivity index (χ0n) is 12.1. The van der Waals surface area contributed by atoms with Gasteiger partial charge in [0.25, 0.3) is 0 Å². The highest BCUT2D eigenvalue weighted by atomic mass is 19.4. The van der Waals surface area contributed by atoms with E-state index in [-0.39, 0.29) is 12.6 Å². The fourth-order valence-electron chi connectivity index (χ4n) is 2.92. The lowest BCUT2D eigenvalue weighted by atomic mass is 9.86. The summed E-state index contributed by atoms with van der Waals surface area (Å²) in [6, 6.07) is -0.303. The molecule has 0 aliphatic carbocycles. The SMILES string of the molecule is Cc1nn(C)cc1C(C)N1CCC(C(=O)O)(C(F)(F)F)C1. The van der Waals surface area contributed by atoms with Gasteiger partial charge in [-0.25, -0.2) is 0 Å². The van der Waals surface area contributed by atoms with Crippen LogP contribution >= 0.6 is 0 Å². The molecule has 0 saturated carbocycles. The quantitative estimate of drug-likeness (QED) is 0.929. The lowest BCUT2D eigenvalue weighted by Gasteiger charge is -2.29. The van der Waals surface area contributed by atoms with Crippen molar-refractivity contribution >= 4 is 5.97 Å². The number of hydrogen-bond acceptors (Lipinski definition) is 3. The summed E-state index contributed by atoms with van der Waals surface area (Å²) in [4.78, 5) is 12.7. The molecular weight excluding hydrogens is 287 g/mol. The first-order chi connectivity index (χ1) is 9.58. The van der Waals surface area contributed by atoms with Gasteiger partial charge < -0.3 is 5.11 Å². The maximum atomic E-state index is 13.2. The van der Waals surface area contributed by atoms with Crippen LogP contribution in [0.15, 0.2) is 6.20 Å². The van der Waals surface area contributed by atoms with Gasteiger partial charge in [-0.05, 0) is 20.3 Å². The highest BCUT2D eigenvalue weighted by Crippen LogP contribution is 2.47. The van der Waals surface area contributed by atoms with Gasteiger partial charge in [0, 0.05) is 37.9 Å². The van der Waals surface area contributed by atoms with Crippen LogP contribution in [0.4, 0.5) is 13.2 Å². The van der Waals surface area contributed by atoms with Crippen molar-refractivity contribution < 1.29 is 23.1 Å². The molecule has 5 nitrogen and oxygen atoms in total. The van der Waals surface area contributed by atoms with Crippen molar-refractivity contribution in [2.75, 3.05) is 13.1 Å². The Balaban J connectivity index is 2.25. The molecule has 2 rings (SSSR count). The zero-order valence-corrected chi connectivity index (χ0v) is 12.1. The minimum atomic E-state index is -4.75. The lowest BCUT2D eigenvalue weighted by Crippen LogP contribution is -2.47. The Hall–Kier alpha value is -1.57. The minimum Gasteiger partial charge on any atom is -0.481 e. The normalized spacial score (nSPS) is 25.2. The molecule has 1 aliphatic heterocycles. The van der Waals surface area contributed by atoms with E-state index in [0.717, 1.165) is 11.3 Å². The fourth-order valence-corrected chi connectivity index (χ4v) is 2.92. The Morgan fingerprint density at radius 2 is 2.14 bits per heavy atom. The molecule has 1 fully saturated rings. The summed E-state index contributed by atoms with van der Waals surface area (Å²) in [5.74, 6) is -1.80. The van der Waals surface area contributed by atoms with E-state index < -0.39 is 30.5 Å². The second-order valence-corrected chi connectivity index (χ2v) is 5.62. The first kappa shape index (κ1) is 15.8. The third kappa shape index (κ3) is 2.52. The van der Waals surface area contributed by atoms with E-state index in [1.165, 1.54) is 0 Å². The number of carboxylic acids is 1. The van der Waals surface area contributed by atoms with Gasteiger partial charge in [0.1, 0.15) is 0 Å². The summed E-state index contributed by atoms with van der Waals surface area (Å²) < 4.78 is 41.1. The topological polar surface area (TPSA) is 58.4 Å². The third-order valence-electron chi connectivity index (χ3n) is 4.30. The molecule has 2 unspecified atom stereocenters. The summed E-state index contributed by atoms with van der Waals surface area (Å²) in [7, 11) is 1.74. The molecule has 118 valence electrons. The minimum absolute atomic E-state index is 0.0985. The molecule has 0 spiro atoms. The van der Waals surface area contributed by atoms with Gasteiger partial charge in [-0.2, -0.15) is 18.3 Å². The first-order valence-electron chi connectivity index (χ1n) is 6.63. The average Bonchev–Trinajstić information content (AvgIpc) is 2.92. The smallest absolute Gasteiger partial charge is 0.406 e. The summed E-state index contributed by atoms with van der Waals surface area (Å²) in [6.45, 7) is 3.14. The molecule has 1 saturated heterocycles. The molecule has 2 atom stereocenters. The highest BCUT2D eigenvalue weighted by Gasteiger charge is 2.63. The van der Waals surface area contributed by atoms with E-state index in [0.29, 0.717) is 0 Å². The van der Waals surface area contributed by atoms with Crippen molar-refractivity contribution in [3.05, 3.63) is 17.5 Å². The molecule has 1 aliphatic rings. The van der Waals surface area contributed by atoms with E-state index >= 15 is 0 Å². The Kier molecular flexibility index (Phi) is 3.77. The molecule has 1 aromatic rings. The van der Waals surface area contributed by atoms with Crippen LogP contribution in [-0.4, -0.2) is 45.0 Å². The van der Waals surface area contributed by atoms with Crippen molar-refractivity contribution in [2.45, 2.75) is 32.5 Å². The Bertz CT molecular complexity index is 555. The predicted molar refractivity (Wildman–Crippen MR) is 68.7 cm³/mol. The van der Waals surface area contributed by atoms with E-state index in [9.17, 15) is 18.0 Å². The van der Waals surface area contributed by atoms with E-state index in [1.54, 1.807) is 36.7 Å². The van der Waals surface area contributed by atoms with Crippen molar-refractivity contribution in [3.63, 3.8) is 0 Å². The number of nitrogens with zero attached hydrogens (tertiary/aromatic N) is 3. The van der Waals surface area contributed by atoms with Crippen LogP contribution in [0, 0.1) is 12.3 Å². The number of carbonyl (C=O) groups is 1. The highest BCUT2D eigenvalue weighted by molar-refractivity contribution is 5.76. The third-order valence-corrected chi connectivity index (χ3v) is 4.30. The van der Waals surface area contributed by atoms with Crippen LogP contribution < -0.4 is 0 Å². The lowest BCUT2D eigenvalue weighted by molar-refractivity contribution is -0.227. The molecule has 1 aromatic heterocycles. The van der Waals surface area contributed by atoms with E-state index in [1.807, 2.05) is 0 Å². The molecule has 1 N–H and O–H groups in total. The van der Waals surface area contributed by atoms with Crippen LogP contribution in [0.2, 0.25) is 0 Å². The Labute approximate surface area is 120 Å². The Morgan fingerprint density at radius 3 is 2.52 bits per heavy atom. The van der Waals surface area contributed by atoms with Gasteiger partial charge in [-0.3, -0.25) is 14.4 Å². The molecule has 0 amide bonds. The number of likely N-dealkylation sites (tertiary alicyclic amines) is 1. The monoisotopic (exact) mass is 305 g/mol. The number of aromatic nitrogens is 2. The van der Waals surface area contributed by atoms with Crippen molar-refractivity contribution in [2.24, 2.45) is 12.5 Å². The second kappa shape index (κ2) is 5.01. The average molecular weight is 305 g/mol. The number of rotatable bonds is 3. The summed E-state index contributed by atoms with van der Waals surface area (Å²) >= 11 is 0. The Morgan fingerprint density at radius 1 is 1.52 bits per heavy atom. The van der Waals surface area contributed by atoms with Crippen LogP contribution in [0.25, 0.3) is 0 Å². The summed E-state index contributed by atoms with van der Waals surface area (Å²) in [6.07, 6.45) is -3.42. The maximum Gasteiger partial charge on any atom is 0.406 e. The van der Waals surface area contributed by atoms with Crippen LogP contribution in [-0.2, 0) is 11.8 Å². The maximum absolute atomic E-state index is 13.2. The molecule has 0 aromatic carbocycles. The van der Waals surface area contributed by atoms with E-state index in [4.69, 9.17) is 5.11 Å². The van der Waals surface area contributed by atoms with Gasteiger partial charge in [0.2, 0.25) is 0 Å². The summed E-state index contributed by atoms with van der Waals surface area (Å²) in [5.41, 5.74) is -1.11. The van der Waals surface area contributed by atoms with Crippen LogP contribution in [0.1, 0.15) is 30.6 Å². The summed E-state index contributed by atoms with van der Waals surface area (Å²) in [5, 5.41) is 13.2. The van der Waals surface area contributed by atoms with Gasteiger partial charge in [0.05, 0.1) is 5.69 Å². The molecule has 8 heteroatoms. The first-order valence-corrected chi connectivity index (χ1v) is 6.63. The number of aryl methyl sites for hydroxylation is 2. The molecule has 0 radical (unpaired) electrons. The van der Waals surface area contributed by atoms with Crippen LogP contribution in [0.3, 0.4) is 0 Å². The van der Waals surface area contributed by atoms with Gasteiger partial charge in [-0.15, -0.1) is 0 Å². The number of carboxylic acid groups (broad SMARTS) is 1. The molecule has 21 heavy (non-hydrogen) atoms. The number of aliphatic carboxylic acids is 1. The van der Waals surface area contributed by atoms with Crippen LogP contribution in [0.5, 0.6) is 0 Å². The predicted octanol–water partition coefficient (Wildman–Crippen LogP) is 2.13. The molecule has 0 bridgehead atoms. The largest absolute Gasteiger partial charge is 0.481 e. The van der Waals surface area contributed by atoms with Gasteiger partial charge in [0.15, 0.2) is 5.41 Å². The van der Waals surface area contributed by atoms with Crippen molar-refractivity contribution in [3.8, 4) is 0 Å². The fraction of sp³-hybridized carbons (Fsp3) is 0.692. The second-order valence-electron chi connectivity index (χ2n) is 5.62. The standard InChI is InChI=1S/C13H18F3N3O2/c1-8-10(6-18(3)17-8)9(2)19-5-4-12(7-19,11(20)21)13(14,15)16/h6,9H,4-5,7H2,1-3H3,(H,20,21). The number of alkyl halides is 3. The molecule has 2 heterocycles. The molecular formula is C13H18F3N3O2. The zero-order chi connectivity index (χ0) is 16.0. The number of hydrogen-bond donors (Lipinski definition) is 1. The van der Waals surface area contributed by atoms with Crippen molar-refractivity contribution in [1.29, 1.82) is 0 Å². The van der Waals surface area contributed by atoms with E-state index in [2.05, 4.69) is 5.10 Å². The van der Waals surface area contributed by atoms with Gasteiger partial charge in [-0.1, -0.05) is 0 Å². The number of halogens is 3.